The van der Waals surface area contributed by atoms with E-state index in [1.165, 1.54) is 23.5 Å². The molecule has 33 heavy (non-hydrogen) atoms. The number of aromatic nitrogens is 2. The van der Waals surface area contributed by atoms with Gasteiger partial charge in [-0.1, -0.05) is 17.8 Å². The summed E-state index contributed by atoms with van der Waals surface area (Å²) in [6.07, 6.45) is 0.740. The molecule has 0 unspecified atom stereocenters. The van der Waals surface area contributed by atoms with Crippen LogP contribution in [-0.2, 0) is 11.2 Å². The molecule has 2 heterocycles. The topological polar surface area (TPSA) is 82.5 Å². The Morgan fingerprint density at radius 2 is 1.85 bits per heavy atom. The minimum atomic E-state index is -0.159. The van der Waals surface area contributed by atoms with Gasteiger partial charge in [-0.05, 0) is 49.2 Å². The van der Waals surface area contributed by atoms with E-state index in [-0.39, 0.29) is 17.2 Å². The second-order valence-corrected chi connectivity index (χ2v) is 9.71. The van der Waals surface area contributed by atoms with E-state index in [1.807, 2.05) is 26.0 Å². The number of nitrogens with zero attached hydrogens (tertiary/aromatic N) is 2. The molecule has 0 aliphatic carbocycles. The van der Waals surface area contributed by atoms with Crippen molar-refractivity contribution in [3.8, 4) is 17.2 Å². The summed E-state index contributed by atoms with van der Waals surface area (Å²) >= 11 is 2.76. The van der Waals surface area contributed by atoms with Crippen LogP contribution in [-0.4, -0.2) is 41.2 Å². The van der Waals surface area contributed by atoms with Crippen LogP contribution in [0.4, 0.5) is 5.69 Å². The van der Waals surface area contributed by atoms with Gasteiger partial charge < -0.3 is 14.8 Å². The lowest BCUT2D eigenvalue weighted by Gasteiger charge is -2.15. The zero-order valence-corrected chi connectivity index (χ0v) is 20.6. The molecule has 4 rings (SSSR count). The number of fused-ring (bicyclic) bond motifs is 1. The number of benzene rings is 2. The van der Waals surface area contributed by atoms with Crippen LogP contribution >= 0.6 is 23.5 Å². The summed E-state index contributed by atoms with van der Waals surface area (Å²) in [5.41, 5.74) is 4.19. The number of carbonyl (C=O) groups excluding carboxylic acids is 1. The van der Waals surface area contributed by atoms with Crippen molar-refractivity contribution in [2.45, 2.75) is 30.3 Å². The first-order chi connectivity index (χ1) is 15.9. The maximum Gasteiger partial charge on any atom is 0.272 e. The van der Waals surface area contributed by atoms with Gasteiger partial charge in [0.25, 0.3) is 5.56 Å². The van der Waals surface area contributed by atoms with Crippen molar-refractivity contribution >= 4 is 35.1 Å². The van der Waals surface area contributed by atoms with E-state index in [1.54, 1.807) is 37.0 Å². The van der Waals surface area contributed by atoms with E-state index >= 15 is 0 Å². The monoisotopic (exact) mass is 483 g/mol. The Hall–Kier alpha value is -2.91. The molecule has 0 spiro atoms. The second-order valence-electron chi connectivity index (χ2n) is 7.66. The maximum atomic E-state index is 13.4. The van der Waals surface area contributed by atoms with Gasteiger partial charge in [0.2, 0.25) is 5.91 Å². The second kappa shape index (κ2) is 9.93. The molecule has 1 aliphatic rings. The van der Waals surface area contributed by atoms with Crippen molar-refractivity contribution in [2.75, 3.05) is 31.0 Å². The number of thioether (sulfide) groups is 2. The van der Waals surface area contributed by atoms with Gasteiger partial charge in [0.05, 0.1) is 36.2 Å². The van der Waals surface area contributed by atoms with Crippen LogP contribution in [0.3, 0.4) is 0 Å². The lowest BCUT2D eigenvalue weighted by atomic mass is 10.1. The number of hydrogen-bond acceptors (Lipinski definition) is 7. The average molecular weight is 484 g/mol. The van der Waals surface area contributed by atoms with E-state index in [4.69, 9.17) is 14.5 Å². The van der Waals surface area contributed by atoms with Crippen LogP contribution in [0.15, 0.2) is 51.2 Å². The third-order valence-corrected chi connectivity index (χ3v) is 7.18. The Balaban J connectivity index is 1.65. The highest BCUT2D eigenvalue weighted by Crippen LogP contribution is 2.33. The average Bonchev–Trinajstić information content (AvgIpc) is 3.25. The number of rotatable bonds is 7. The number of amides is 1. The van der Waals surface area contributed by atoms with Gasteiger partial charge in [0.1, 0.15) is 0 Å². The molecule has 0 saturated carbocycles. The molecule has 9 heteroatoms. The molecule has 1 aliphatic heterocycles. The summed E-state index contributed by atoms with van der Waals surface area (Å²) in [4.78, 5) is 31.4. The quantitative estimate of drug-likeness (QED) is 0.397. The number of anilines is 1. The number of carbonyl (C=O) groups is 1. The predicted molar refractivity (Wildman–Crippen MR) is 133 cm³/mol. The Labute approximate surface area is 200 Å². The molecule has 1 N–H and O–H groups in total. The molecule has 7 nitrogen and oxygen atoms in total. The van der Waals surface area contributed by atoms with E-state index in [0.29, 0.717) is 27.2 Å². The first-order valence-corrected chi connectivity index (χ1v) is 12.4. The number of aryl methyl sites for hydroxylation is 3. The summed E-state index contributed by atoms with van der Waals surface area (Å²) in [6.45, 7) is 3.98. The van der Waals surface area contributed by atoms with Crippen LogP contribution in [0.1, 0.15) is 16.8 Å². The van der Waals surface area contributed by atoms with Gasteiger partial charge in [0.15, 0.2) is 16.7 Å². The summed E-state index contributed by atoms with van der Waals surface area (Å²) in [6, 6.07) is 11.2. The van der Waals surface area contributed by atoms with Gasteiger partial charge in [-0.15, -0.1) is 11.8 Å². The van der Waals surface area contributed by atoms with E-state index < -0.39 is 0 Å². The zero-order chi connectivity index (χ0) is 23.5. The van der Waals surface area contributed by atoms with Crippen LogP contribution in [0.2, 0.25) is 0 Å². The molecular weight excluding hydrogens is 458 g/mol. The molecule has 0 fully saturated rings. The van der Waals surface area contributed by atoms with Crippen LogP contribution in [0.5, 0.6) is 11.5 Å². The Morgan fingerprint density at radius 1 is 1.12 bits per heavy atom. The minimum Gasteiger partial charge on any atom is -0.493 e. The standard InChI is InChI=1S/C24H25N3O4S2/c1-14-9-15(2)11-16(10-14)25-21(28)13-33-24-26-18-7-8-32-22(18)23(29)27(24)17-5-6-19(30-3)20(12-17)31-4/h5-6,9-12H,7-8,13H2,1-4H3,(H,25,28). The number of methoxy groups -OCH3 is 2. The third-order valence-electron chi connectivity index (χ3n) is 5.13. The molecule has 172 valence electrons. The molecule has 0 radical (unpaired) electrons. The molecule has 1 amide bonds. The summed E-state index contributed by atoms with van der Waals surface area (Å²) in [5, 5.41) is 3.41. The van der Waals surface area contributed by atoms with Crippen molar-refractivity contribution in [1.82, 2.24) is 9.55 Å². The molecule has 2 aromatic carbocycles. The van der Waals surface area contributed by atoms with Crippen LogP contribution < -0.4 is 20.3 Å². The van der Waals surface area contributed by atoms with Crippen molar-refractivity contribution in [1.29, 1.82) is 0 Å². The first-order valence-electron chi connectivity index (χ1n) is 10.4. The SMILES string of the molecule is COc1ccc(-n2c(SCC(=O)Nc3cc(C)cc(C)c3)nc3c(c2=O)SCC3)cc1OC. The highest BCUT2D eigenvalue weighted by Gasteiger charge is 2.23. The zero-order valence-electron chi connectivity index (χ0n) is 18.9. The number of ether oxygens (including phenoxy) is 2. The predicted octanol–water partition coefficient (Wildman–Crippen LogP) is 4.25. The van der Waals surface area contributed by atoms with Gasteiger partial charge in [-0.25, -0.2) is 4.98 Å². The lowest BCUT2D eigenvalue weighted by molar-refractivity contribution is -0.113. The van der Waals surface area contributed by atoms with Crippen LogP contribution in [0, 0.1) is 13.8 Å². The van der Waals surface area contributed by atoms with Crippen molar-refractivity contribution < 1.29 is 14.3 Å². The summed E-state index contributed by atoms with van der Waals surface area (Å²) in [7, 11) is 3.11. The fraction of sp³-hybridized carbons (Fsp3) is 0.292. The molecule has 0 atom stereocenters. The van der Waals surface area contributed by atoms with Crippen molar-refractivity contribution in [3.05, 3.63) is 63.6 Å². The summed E-state index contributed by atoms with van der Waals surface area (Å²) in [5.74, 6) is 1.87. The molecular formula is C24H25N3O4S2. The minimum absolute atomic E-state index is 0.124. The highest BCUT2D eigenvalue weighted by molar-refractivity contribution is 8.00. The number of nitrogens with one attached hydrogen (secondary N) is 1. The highest BCUT2D eigenvalue weighted by atomic mass is 32.2. The fourth-order valence-corrected chi connectivity index (χ4v) is 5.61. The lowest BCUT2D eigenvalue weighted by Crippen LogP contribution is -2.24. The molecule has 0 saturated heterocycles. The van der Waals surface area contributed by atoms with Gasteiger partial charge in [-0.3, -0.25) is 14.2 Å². The first kappa shape index (κ1) is 23.3. The fourth-order valence-electron chi connectivity index (χ4n) is 3.75. The molecule has 1 aromatic heterocycles. The van der Waals surface area contributed by atoms with E-state index in [9.17, 15) is 9.59 Å². The maximum absolute atomic E-state index is 13.4. The molecule has 0 bridgehead atoms. The van der Waals surface area contributed by atoms with Crippen LogP contribution in [0.25, 0.3) is 5.69 Å². The van der Waals surface area contributed by atoms with E-state index in [2.05, 4.69) is 11.4 Å². The molecule has 3 aromatic rings. The smallest absolute Gasteiger partial charge is 0.272 e. The largest absolute Gasteiger partial charge is 0.493 e. The van der Waals surface area contributed by atoms with Gasteiger partial charge in [-0.2, -0.15) is 0 Å². The Bertz CT molecular complexity index is 1250. The summed E-state index contributed by atoms with van der Waals surface area (Å²) < 4.78 is 12.3. The van der Waals surface area contributed by atoms with Crippen molar-refractivity contribution in [2.24, 2.45) is 0 Å². The normalized spacial score (nSPS) is 12.4. The Kier molecular flexibility index (Phi) is 6.99. The van der Waals surface area contributed by atoms with E-state index in [0.717, 1.165) is 34.7 Å². The Morgan fingerprint density at radius 3 is 2.55 bits per heavy atom. The van der Waals surface area contributed by atoms with Gasteiger partial charge in [0, 0.05) is 23.9 Å². The third kappa shape index (κ3) is 5.04. The van der Waals surface area contributed by atoms with Gasteiger partial charge >= 0.3 is 0 Å². The number of hydrogen-bond donors (Lipinski definition) is 1. The van der Waals surface area contributed by atoms with Crippen molar-refractivity contribution in [3.63, 3.8) is 0 Å².